The number of para-hydroxylation sites is 1. The molecule has 2 aromatic carbocycles. The third-order valence-corrected chi connectivity index (χ3v) is 5.62. The monoisotopic (exact) mass is 458 g/mol. The fourth-order valence-corrected chi connectivity index (χ4v) is 3.90. The number of aryl methyl sites for hydroxylation is 2. The van der Waals surface area contributed by atoms with Crippen molar-refractivity contribution in [3.05, 3.63) is 77.7 Å². The van der Waals surface area contributed by atoms with E-state index in [1.165, 1.54) is 13.2 Å². The van der Waals surface area contributed by atoms with Crippen molar-refractivity contribution in [2.45, 2.75) is 20.3 Å². The van der Waals surface area contributed by atoms with Crippen molar-refractivity contribution in [3.8, 4) is 28.3 Å². The summed E-state index contributed by atoms with van der Waals surface area (Å²) in [5, 5.41) is 18.1. The van der Waals surface area contributed by atoms with Gasteiger partial charge in [0.15, 0.2) is 0 Å². The summed E-state index contributed by atoms with van der Waals surface area (Å²) in [5.74, 6) is 0.647. The van der Waals surface area contributed by atoms with Crippen LogP contribution in [0.5, 0.6) is 11.5 Å². The number of carbonyl (C=O) groups is 1. The number of anilines is 2. The third-order valence-electron chi connectivity index (χ3n) is 5.62. The first kappa shape index (κ1) is 22.8. The number of nitrogens with one attached hydrogen (secondary N) is 1. The highest BCUT2D eigenvalue weighted by atomic mass is 16.5. The molecule has 8 heteroatoms. The van der Waals surface area contributed by atoms with E-state index in [0.29, 0.717) is 29.4 Å². The van der Waals surface area contributed by atoms with Crippen molar-refractivity contribution in [2.24, 2.45) is 0 Å². The summed E-state index contributed by atoms with van der Waals surface area (Å²) in [6, 6.07) is 14.6. The number of nitrogens with zero attached hydrogens (tertiary/aromatic N) is 3. The van der Waals surface area contributed by atoms with Crippen LogP contribution in [-0.4, -0.2) is 40.1 Å². The Morgan fingerprint density at radius 2 is 1.91 bits per heavy atom. The van der Waals surface area contributed by atoms with Crippen molar-refractivity contribution in [1.82, 2.24) is 14.8 Å². The van der Waals surface area contributed by atoms with Gasteiger partial charge in [-0.1, -0.05) is 25.1 Å². The highest BCUT2D eigenvalue weighted by Crippen LogP contribution is 2.41. The second kappa shape index (κ2) is 9.66. The van der Waals surface area contributed by atoms with Crippen molar-refractivity contribution >= 4 is 17.5 Å². The van der Waals surface area contributed by atoms with Crippen LogP contribution in [-0.2, 0) is 6.42 Å². The maximum atomic E-state index is 12.1. The first-order valence-corrected chi connectivity index (χ1v) is 10.8. The minimum atomic E-state index is -1.07. The Bertz CT molecular complexity index is 1350. The quantitative estimate of drug-likeness (QED) is 0.371. The molecule has 2 N–H and O–H groups in total. The summed E-state index contributed by atoms with van der Waals surface area (Å²) in [6.07, 6.45) is 4.04. The van der Waals surface area contributed by atoms with Gasteiger partial charge in [-0.25, -0.2) is 9.48 Å². The van der Waals surface area contributed by atoms with Crippen LogP contribution in [0.1, 0.15) is 28.5 Å². The first-order chi connectivity index (χ1) is 16.5. The molecule has 2 aromatic heterocycles. The summed E-state index contributed by atoms with van der Waals surface area (Å²) in [7, 11) is 3.11. The fourth-order valence-electron chi connectivity index (χ4n) is 3.90. The van der Waals surface area contributed by atoms with Gasteiger partial charge < -0.3 is 19.9 Å². The second-order valence-corrected chi connectivity index (χ2v) is 7.64. The summed E-state index contributed by atoms with van der Waals surface area (Å²) >= 11 is 0. The minimum absolute atomic E-state index is 0.0824. The molecular weight excluding hydrogens is 432 g/mol. The Kier molecular flexibility index (Phi) is 6.49. The molecule has 0 aliphatic heterocycles. The zero-order valence-corrected chi connectivity index (χ0v) is 19.5. The number of methoxy groups -OCH3 is 2. The average molecular weight is 459 g/mol. The molecule has 0 amide bonds. The van der Waals surface area contributed by atoms with Crippen LogP contribution < -0.4 is 14.8 Å². The molecule has 0 saturated carbocycles. The van der Waals surface area contributed by atoms with E-state index in [1.807, 2.05) is 42.8 Å². The fraction of sp³-hybridized carbons (Fsp3) is 0.192. The van der Waals surface area contributed by atoms with Crippen molar-refractivity contribution in [2.75, 3.05) is 19.5 Å². The van der Waals surface area contributed by atoms with Crippen molar-refractivity contribution in [3.63, 3.8) is 0 Å². The molecule has 0 unspecified atom stereocenters. The van der Waals surface area contributed by atoms with E-state index in [2.05, 4.69) is 10.3 Å². The Labute approximate surface area is 197 Å². The van der Waals surface area contributed by atoms with Gasteiger partial charge >= 0.3 is 5.97 Å². The number of carboxylic acid groups (broad SMARTS) is 1. The zero-order valence-electron chi connectivity index (χ0n) is 19.5. The summed E-state index contributed by atoms with van der Waals surface area (Å²) in [5.41, 5.74) is 4.77. The zero-order chi connectivity index (χ0) is 24.2. The van der Waals surface area contributed by atoms with Gasteiger partial charge in [0.05, 0.1) is 42.4 Å². The Morgan fingerprint density at radius 3 is 2.59 bits per heavy atom. The Balaban J connectivity index is 2.01. The number of hydrogen-bond acceptors (Lipinski definition) is 6. The number of rotatable bonds is 8. The molecule has 8 nitrogen and oxygen atoms in total. The van der Waals surface area contributed by atoms with Crippen LogP contribution in [0.15, 0.2) is 60.9 Å². The van der Waals surface area contributed by atoms with E-state index in [0.717, 1.165) is 28.1 Å². The van der Waals surface area contributed by atoms with E-state index in [9.17, 15) is 9.90 Å². The van der Waals surface area contributed by atoms with E-state index in [4.69, 9.17) is 14.6 Å². The highest BCUT2D eigenvalue weighted by Gasteiger charge is 2.24. The lowest BCUT2D eigenvalue weighted by Crippen LogP contribution is -2.08. The first-order valence-electron chi connectivity index (χ1n) is 10.8. The summed E-state index contributed by atoms with van der Waals surface area (Å²) in [6.45, 7) is 4.03. The molecule has 0 aliphatic carbocycles. The molecule has 0 aliphatic rings. The van der Waals surface area contributed by atoms with Gasteiger partial charge in [-0.3, -0.25) is 4.98 Å². The Morgan fingerprint density at radius 1 is 1.12 bits per heavy atom. The van der Waals surface area contributed by atoms with Gasteiger partial charge in [0.1, 0.15) is 17.3 Å². The molecule has 0 saturated heterocycles. The Hall–Kier alpha value is -4.33. The van der Waals surface area contributed by atoms with Crippen LogP contribution in [0, 0.1) is 6.92 Å². The van der Waals surface area contributed by atoms with Crippen molar-refractivity contribution in [1.29, 1.82) is 0 Å². The molecule has 0 radical (unpaired) electrons. The number of benzene rings is 2. The van der Waals surface area contributed by atoms with Gasteiger partial charge in [-0.2, -0.15) is 5.10 Å². The molecule has 34 heavy (non-hydrogen) atoms. The normalized spacial score (nSPS) is 10.7. The number of ether oxygens (including phenoxy) is 2. The van der Waals surface area contributed by atoms with E-state index in [-0.39, 0.29) is 5.56 Å². The third kappa shape index (κ3) is 4.17. The molecule has 2 heterocycles. The van der Waals surface area contributed by atoms with Crippen LogP contribution in [0.25, 0.3) is 16.8 Å². The predicted molar refractivity (Wildman–Crippen MR) is 131 cm³/mol. The number of carboxylic acids is 1. The smallest absolute Gasteiger partial charge is 0.337 e. The standard InChI is InChI=1S/C26H26N4O4/c1-5-20-24(19-15-27-13-12-23(19)34-4)25(30(29-20)22-9-7-6-8-16(22)2)28-21-11-10-17(33-3)14-18(21)26(31)32/h6-15,28H,5H2,1-4H3,(H,31,32). The number of hydrogen-bond donors (Lipinski definition) is 2. The molecule has 0 fully saturated rings. The maximum absolute atomic E-state index is 12.1. The molecule has 0 spiro atoms. The maximum Gasteiger partial charge on any atom is 0.337 e. The molecule has 0 bridgehead atoms. The van der Waals surface area contributed by atoms with Gasteiger partial charge in [0, 0.05) is 18.0 Å². The lowest BCUT2D eigenvalue weighted by atomic mass is 10.0. The SMILES string of the molecule is CCc1nn(-c2ccccc2C)c(Nc2ccc(OC)cc2C(=O)O)c1-c1cnccc1OC. The number of aromatic nitrogens is 3. The minimum Gasteiger partial charge on any atom is -0.497 e. The van der Waals surface area contributed by atoms with Crippen LogP contribution >= 0.6 is 0 Å². The summed E-state index contributed by atoms with van der Waals surface area (Å²) < 4.78 is 12.7. The largest absolute Gasteiger partial charge is 0.497 e. The van der Waals surface area contributed by atoms with E-state index < -0.39 is 5.97 Å². The van der Waals surface area contributed by atoms with Gasteiger partial charge in [0.25, 0.3) is 0 Å². The predicted octanol–water partition coefficient (Wildman–Crippen LogP) is 5.26. The molecular formula is C26H26N4O4. The molecule has 174 valence electrons. The highest BCUT2D eigenvalue weighted by molar-refractivity contribution is 5.97. The van der Waals surface area contributed by atoms with Crippen LogP contribution in [0.3, 0.4) is 0 Å². The number of aromatic carboxylic acids is 1. The van der Waals surface area contributed by atoms with E-state index in [1.54, 1.807) is 37.7 Å². The molecule has 0 atom stereocenters. The summed E-state index contributed by atoms with van der Waals surface area (Å²) in [4.78, 5) is 16.4. The number of pyridine rings is 1. The topological polar surface area (TPSA) is 98.5 Å². The lowest BCUT2D eigenvalue weighted by Gasteiger charge is -2.17. The lowest BCUT2D eigenvalue weighted by molar-refractivity contribution is 0.0697. The van der Waals surface area contributed by atoms with Gasteiger partial charge in [0.2, 0.25) is 0 Å². The van der Waals surface area contributed by atoms with Gasteiger partial charge in [-0.15, -0.1) is 0 Å². The average Bonchev–Trinajstić information content (AvgIpc) is 3.22. The van der Waals surface area contributed by atoms with Crippen molar-refractivity contribution < 1.29 is 19.4 Å². The van der Waals surface area contributed by atoms with Crippen LogP contribution in [0.4, 0.5) is 11.5 Å². The second-order valence-electron chi connectivity index (χ2n) is 7.64. The van der Waals surface area contributed by atoms with Gasteiger partial charge in [-0.05, 0) is 49.2 Å². The van der Waals surface area contributed by atoms with Crippen LogP contribution in [0.2, 0.25) is 0 Å². The molecule has 4 aromatic rings. The van der Waals surface area contributed by atoms with E-state index >= 15 is 0 Å². The molecule has 4 rings (SSSR count).